The highest BCUT2D eigenvalue weighted by Gasteiger charge is 2.50. The molecule has 1 unspecified atom stereocenters. The van der Waals surface area contributed by atoms with Crippen molar-refractivity contribution in [2.45, 2.75) is 4.75 Å². The number of hydrogen-bond acceptors (Lipinski definition) is 4. The van der Waals surface area contributed by atoms with Crippen LogP contribution >= 0.6 is 46.4 Å². The molecule has 3 aromatic carbocycles. The molecule has 0 aliphatic heterocycles. The molecule has 0 fully saturated rings. The van der Waals surface area contributed by atoms with Crippen LogP contribution in [0.5, 0.6) is 11.5 Å². The SMILES string of the molecule is O=S(=O)(O)C(c1cccc(Cl)c1)(c1ccc(O)c(Cl)c1)c1cc(Cl)cc(Cl)c1O. The molecule has 0 spiro atoms. The maximum Gasteiger partial charge on any atom is 0.283 e. The first-order valence-corrected chi connectivity index (χ1v) is 10.8. The molecule has 3 aromatic rings. The van der Waals surface area contributed by atoms with Crippen LogP contribution in [0.4, 0.5) is 0 Å². The maximum absolute atomic E-state index is 12.9. The Morgan fingerprint density at radius 2 is 1.41 bits per heavy atom. The summed E-state index contributed by atoms with van der Waals surface area (Å²) in [6.45, 7) is 0. The molecule has 0 aliphatic rings. The van der Waals surface area contributed by atoms with E-state index < -0.39 is 20.6 Å². The first kappa shape index (κ1) is 22.0. The number of phenolic OH excluding ortho intramolecular Hbond substituents is 2. The van der Waals surface area contributed by atoms with Gasteiger partial charge in [0.1, 0.15) is 11.5 Å². The lowest BCUT2D eigenvalue weighted by atomic mass is 9.83. The van der Waals surface area contributed by atoms with E-state index in [0.717, 1.165) is 18.2 Å². The molecule has 0 saturated heterocycles. The fourth-order valence-electron chi connectivity index (χ4n) is 3.18. The summed E-state index contributed by atoms with van der Waals surface area (Å²) in [6, 6.07) is 11.6. The van der Waals surface area contributed by atoms with Gasteiger partial charge in [0.2, 0.25) is 0 Å². The van der Waals surface area contributed by atoms with Crippen LogP contribution in [0.2, 0.25) is 20.1 Å². The zero-order chi connectivity index (χ0) is 21.6. The van der Waals surface area contributed by atoms with Gasteiger partial charge in [0.15, 0.2) is 4.75 Å². The number of hydrogen-bond donors (Lipinski definition) is 3. The highest BCUT2D eigenvalue weighted by Crippen LogP contribution is 2.50. The normalized spacial score (nSPS) is 13.8. The Labute approximate surface area is 186 Å². The van der Waals surface area contributed by atoms with Crippen LogP contribution in [0, 0.1) is 0 Å². The first-order chi connectivity index (χ1) is 13.5. The van der Waals surface area contributed by atoms with Gasteiger partial charge in [-0.3, -0.25) is 4.55 Å². The minimum absolute atomic E-state index is 0.0112. The molecule has 0 amide bonds. The van der Waals surface area contributed by atoms with Crippen LogP contribution in [0.25, 0.3) is 0 Å². The van der Waals surface area contributed by atoms with Gasteiger partial charge >= 0.3 is 0 Å². The van der Waals surface area contributed by atoms with Gasteiger partial charge in [-0.05, 0) is 47.5 Å². The van der Waals surface area contributed by atoms with Crippen LogP contribution in [0.15, 0.2) is 54.6 Å². The van der Waals surface area contributed by atoms with E-state index in [4.69, 9.17) is 46.4 Å². The molecule has 0 aliphatic carbocycles. The van der Waals surface area contributed by atoms with E-state index in [9.17, 15) is 23.2 Å². The van der Waals surface area contributed by atoms with Gasteiger partial charge in [-0.15, -0.1) is 0 Å². The lowest BCUT2D eigenvalue weighted by Crippen LogP contribution is -2.38. The van der Waals surface area contributed by atoms with Crippen molar-refractivity contribution >= 4 is 56.5 Å². The zero-order valence-corrected chi connectivity index (χ0v) is 18.1. The molecule has 0 bridgehead atoms. The monoisotopic (exact) mass is 492 g/mol. The molecule has 0 saturated carbocycles. The van der Waals surface area contributed by atoms with E-state index in [0.29, 0.717) is 0 Å². The van der Waals surface area contributed by atoms with Gasteiger partial charge in [0.25, 0.3) is 10.1 Å². The van der Waals surface area contributed by atoms with Crippen molar-refractivity contribution in [3.05, 3.63) is 91.4 Å². The van der Waals surface area contributed by atoms with Crippen LogP contribution in [-0.2, 0) is 14.9 Å². The smallest absolute Gasteiger partial charge is 0.283 e. The number of aromatic hydroxyl groups is 2. The van der Waals surface area contributed by atoms with Crippen molar-refractivity contribution in [1.82, 2.24) is 0 Å². The maximum atomic E-state index is 12.9. The molecule has 3 N–H and O–H groups in total. The molecule has 0 radical (unpaired) electrons. The van der Waals surface area contributed by atoms with Crippen molar-refractivity contribution in [3.8, 4) is 11.5 Å². The average Bonchev–Trinajstić information content (AvgIpc) is 2.61. The van der Waals surface area contributed by atoms with E-state index in [1.54, 1.807) is 0 Å². The average molecular weight is 494 g/mol. The molecule has 1 atom stereocenters. The second-order valence-electron chi connectivity index (χ2n) is 6.12. The van der Waals surface area contributed by atoms with Crippen molar-refractivity contribution < 1.29 is 23.2 Å². The Morgan fingerprint density at radius 3 is 2.00 bits per heavy atom. The topological polar surface area (TPSA) is 94.8 Å². The second-order valence-corrected chi connectivity index (χ2v) is 9.37. The number of rotatable bonds is 4. The van der Waals surface area contributed by atoms with Crippen molar-refractivity contribution in [3.63, 3.8) is 0 Å². The van der Waals surface area contributed by atoms with Gasteiger partial charge in [-0.2, -0.15) is 8.42 Å². The lowest BCUT2D eigenvalue weighted by molar-refractivity contribution is 0.440. The van der Waals surface area contributed by atoms with Crippen molar-refractivity contribution in [2.24, 2.45) is 0 Å². The molecular formula is C19H12Cl4O5S. The summed E-state index contributed by atoms with van der Waals surface area (Å²) in [6.07, 6.45) is 0. The lowest BCUT2D eigenvalue weighted by Gasteiger charge is -2.33. The molecule has 10 heteroatoms. The highest BCUT2D eigenvalue weighted by atomic mass is 35.5. The molecule has 29 heavy (non-hydrogen) atoms. The minimum Gasteiger partial charge on any atom is -0.506 e. The molecule has 5 nitrogen and oxygen atoms in total. The summed E-state index contributed by atoms with van der Waals surface area (Å²) < 4.78 is 34.0. The van der Waals surface area contributed by atoms with E-state index in [1.807, 2.05) is 0 Å². The number of benzene rings is 3. The third kappa shape index (κ3) is 3.77. The fraction of sp³-hybridized carbons (Fsp3) is 0.0526. The summed E-state index contributed by atoms with van der Waals surface area (Å²) in [7, 11) is -5.06. The molecule has 0 heterocycles. The van der Waals surface area contributed by atoms with Gasteiger partial charge in [-0.1, -0.05) is 64.6 Å². The second kappa shape index (κ2) is 7.87. The van der Waals surface area contributed by atoms with Crippen LogP contribution in [0.1, 0.15) is 16.7 Å². The zero-order valence-electron chi connectivity index (χ0n) is 14.3. The molecule has 3 rings (SSSR count). The summed E-state index contributed by atoms with van der Waals surface area (Å²) in [5, 5.41) is 20.2. The Morgan fingerprint density at radius 1 is 0.759 bits per heavy atom. The van der Waals surface area contributed by atoms with Crippen LogP contribution in [-0.4, -0.2) is 23.2 Å². The Hall–Kier alpha value is -1.67. The van der Waals surface area contributed by atoms with Crippen molar-refractivity contribution in [1.29, 1.82) is 0 Å². The highest BCUT2D eigenvalue weighted by molar-refractivity contribution is 7.87. The summed E-state index contributed by atoms with van der Waals surface area (Å²) in [5.41, 5.74) is -0.414. The van der Waals surface area contributed by atoms with E-state index >= 15 is 0 Å². The Bertz CT molecular complexity index is 1210. The largest absolute Gasteiger partial charge is 0.506 e. The predicted octanol–water partition coefficient (Wildman–Crippen LogP) is 5.89. The Balaban J connectivity index is 2.60. The predicted molar refractivity (Wildman–Crippen MR) is 114 cm³/mol. The van der Waals surface area contributed by atoms with Gasteiger partial charge in [-0.25, -0.2) is 0 Å². The number of halogens is 4. The van der Waals surface area contributed by atoms with Crippen LogP contribution < -0.4 is 0 Å². The minimum atomic E-state index is -5.06. The van der Waals surface area contributed by atoms with Gasteiger partial charge in [0.05, 0.1) is 10.0 Å². The van der Waals surface area contributed by atoms with E-state index in [1.165, 1.54) is 36.4 Å². The standard InChI is InChI=1S/C19H12Cl4O5S/c20-12-3-1-2-10(6-12)19(29(26,27)28,11-4-5-17(24)15(22)7-11)14-8-13(21)9-16(23)18(14)25/h1-9,24-25H,(H,26,27,28). The van der Waals surface area contributed by atoms with Gasteiger partial charge < -0.3 is 10.2 Å². The quantitative estimate of drug-likeness (QED) is 0.311. The van der Waals surface area contributed by atoms with Crippen molar-refractivity contribution in [2.75, 3.05) is 0 Å². The van der Waals surface area contributed by atoms with E-state index in [2.05, 4.69) is 0 Å². The van der Waals surface area contributed by atoms with Crippen LogP contribution in [0.3, 0.4) is 0 Å². The fourth-order valence-corrected chi connectivity index (χ4v) is 5.33. The summed E-state index contributed by atoms with van der Waals surface area (Å²) >= 11 is 24.2. The third-order valence-electron chi connectivity index (χ3n) is 4.38. The molecule has 152 valence electrons. The molecular weight excluding hydrogens is 482 g/mol. The summed E-state index contributed by atoms with van der Waals surface area (Å²) in [5.74, 6) is -0.919. The first-order valence-electron chi connectivity index (χ1n) is 7.89. The summed E-state index contributed by atoms with van der Waals surface area (Å²) in [4.78, 5) is 0. The Kier molecular flexibility index (Phi) is 5.98. The van der Waals surface area contributed by atoms with E-state index in [-0.39, 0.29) is 42.5 Å². The van der Waals surface area contributed by atoms with Gasteiger partial charge in [0, 0.05) is 15.6 Å². The molecule has 0 aromatic heterocycles. The third-order valence-corrected chi connectivity index (χ3v) is 6.89. The number of phenols is 2.